The fourth-order valence-electron chi connectivity index (χ4n) is 1.58. The second-order valence-electron chi connectivity index (χ2n) is 3.20. The lowest BCUT2D eigenvalue weighted by atomic mass is 10.2. The molecular weight excluding hydrogens is 148 g/mol. The van der Waals surface area contributed by atoms with Crippen LogP contribution in [0.15, 0.2) is 18.2 Å². The first-order chi connectivity index (χ1) is 5.86. The van der Waals surface area contributed by atoms with E-state index in [1.807, 2.05) is 18.2 Å². The van der Waals surface area contributed by atoms with Crippen molar-refractivity contribution >= 4 is 11.4 Å². The fraction of sp³-hybridized carbons (Fsp3) is 0.400. The molecule has 1 fully saturated rings. The average Bonchev–Trinajstić information content (AvgIpc) is 2.58. The Bertz CT molecular complexity index is 247. The molecule has 1 aliphatic rings. The van der Waals surface area contributed by atoms with Crippen LogP contribution in [0.3, 0.4) is 0 Å². The highest BCUT2D eigenvalue weighted by Gasteiger charge is 2.11. The van der Waals surface area contributed by atoms with E-state index in [1.165, 1.54) is 31.6 Å². The summed E-state index contributed by atoms with van der Waals surface area (Å²) in [5, 5.41) is 0. The number of nitrogens with two attached hydrogens (primary N) is 1. The molecule has 2 heteroatoms. The maximum absolute atomic E-state index is 5.58. The normalized spacial score (nSPS) is 16.8. The summed E-state index contributed by atoms with van der Waals surface area (Å²) in [7, 11) is 0. The van der Waals surface area contributed by atoms with Crippen molar-refractivity contribution in [2.75, 3.05) is 23.7 Å². The van der Waals surface area contributed by atoms with Crippen molar-refractivity contribution in [3.8, 4) is 0 Å². The number of nitrogen functional groups attached to an aromatic ring is 1. The summed E-state index contributed by atoms with van der Waals surface area (Å²) in [6.07, 6.45) is 2.61. The van der Waals surface area contributed by atoms with Crippen LogP contribution in [0, 0.1) is 6.07 Å². The molecule has 0 atom stereocenters. The molecule has 0 spiro atoms. The van der Waals surface area contributed by atoms with Crippen LogP contribution < -0.4 is 10.6 Å². The molecule has 12 heavy (non-hydrogen) atoms. The summed E-state index contributed by atoms with van der Waals surface area (Å²) < 4.78 is 0. The van der Waals surface area contributed by atoms with E-state index in [2.05, 4.69) is 11.0 Å². The molecule has 1 radical (unpaired) electrons. The Morgan fingerprint density at radius 2 is 2.00 bits per heavy atom. The van der Waals surface area contributed by atoms with Gasteiger partial charge in [-0.25, -0.2) is 0 Å². The van der Waals surface area contributed by atoms with Gasteiger partial charge in [-0.3, -0.25) is 0 Å². The summed E-state index contributed by atoms with van der Waals surface area (Å²) in [5.74, 6) is 0. The smallest absolute Gasteiger partial charge is 0.0448 e. The molecule has 1 saturated heterocycles. The van der Waals surface area contributed by atoms with Gasteiger partial charge >= 0.3 is 0 Å². The fourth-order valence-corrected chi connectivity index (χ4v) is 1.58. The Morgan fingerprint density at radius 3 is 2.58 bits per heavy atom. The molecule has 0 aliphatic carbocycles. The molecule has 2 rings (SSSR count). The lowest BCUT2D eigenvalue weighted by molar-refractivity contribution is 0.949. The van der Waals surface area contributed by atoms with Crippen molar-refractivity contribution in [1.82, 2.24) is 0 Å². The molecule has 0 unspecified atom stereocenters. The molecule has 63 valence electrons. The van der Waals surface area contributed by atoms with Gasteiger partial charge in [0.15, 0.2) is 0 Å². The third-order valence-corrected chi connectivity index (χ3v) is 2.27. The zero-order chi connectivity index (χ0) is 8.39. The molecule has 0 saturated carbocycles. The molecule has 0 aromatic heterocycles. The van der Waals surface area contributed by atoms with Crippen LogP contribution >= 0.6 is 0 Å². The van der Waals surface area contributed by atoms with Crippen LogP contribution in [0.4, 0.5) is 11.4 Å². The van der Waals surface area contributed by atoms with Gasteiger partial charge in [-0.1, -0.05) is 0 Å². The minimum atomic E-state index is 0.790. The zero-order valence-electron chi connectivity index (χ0n) is 7.09. The predicted octanol–water partition coefficient (Wildman–Crippen LogP) is 1.67. The molecule has 0 amide bonds. The van der Waals surface area contributed by atoms with Gasteiger partial charge in [0.25, 0.3) is 0 Å². The first kappa shape index (κ1) is 7.47. The van der Waals surface area contributed by atoms with E-state index in [-0.39, 0.29) is 0 Å². The summed E-state index contributed by atoms with van der Waals surface area (Å²) >= 11 is 0. The van der Waals surface area contributed by atoms with E-state index in [4.69, 9.17) is 5.73 Å². The van der Waals surface area contributed by atoms with Crippen molar-refractivity contribution in [2.45, 2.75) is 12.8 Å². The summed E-state index contributed by atoms with van der Waals surface area (Å²) in [4.78, 5) is 2.35. The molecule has 1 aliphatic heterocycles. The van der Waals surface area contributed by atoms with Gasteiger partial charge in [0, 0.05) is 30.5 Å². The minimum Gasteiger partial charge on any atom is -0.399 e. The van der Waals surface area contributed by atoms with Gasteiger partial charge in [0.1, 0.15) is 0 Å². The molecule has 1 aromatic carbocycles. The monoisotopic (exact) mass is 161 g/mol. The second kappa shape index (κ2) is 3.05. The largest absolute Gasteiger partial charge is 0.399 e. The SMILES string of the molecule is Nc1c[c]c(N2CCCC2)cc1. The van der Waals surface area contributed by atoms with Gasteiger partial charge in [-0.15, -0.1) is 0 Å². The van der Waals surface area contributed by atoms with Crippen molar-refractivity contribution in [3.05, 3.63) is 24.3 Å². The van der Waals surface area contributed by atoms with Crippen LogP contribution in [-0.4, -0.2) is 13.1 Å². The van der Waals surface area contributed by atoms with Crippen LogP contribution in [-0.2, 0) is 0 Å². The van der Waals surface area contributed by atoms with Gasteiger partial charge in [0.05, 0.1) is 0 Å². The molecule has 1 heterocycles. The van der Waals surface area contributed by atoms with E-state index in [9.17, 15) is 0 Å². The molecule has 2 nitrogen and oxygen atoms in total. The third-order valence-electron chi connectivity index (χ3n) is 2.27. The van der Waals surface area contributed by atoms with Crippen LogP contribution in [0.25, 0.3) is 0 Å². The molecule has 2 N–H and O–H groups in total. The minimum absolute atomic E-state index is 0.790. The Labute approximate surface area is 73.0 Å². The molecular formula is C10H13N2. The highest BCUT2D eigenvalue weighted by atomic mass is 15.1. The molecule has 1 aromatic rings. The van der Waals surface area contributed by atoms with E-state index >= 15 is 0 Å². The summed E-state index contributed by atoms with van der Waals surface area (Å²) in [6.45, 7) is 2.33. The number of hydrogen-bond acceptors (Lipinski definition) is 2. The van der Waals surface area contributed by atoms with Crippen LogP contribution in [0.2, 0.25) is 0 Å². The first-order valence-corrected chi connectivity index (χ1v) is 4.38. The average molecular weight is 161 g/mol. The zero-order valence-corrected chi connectivity index (χ0v) is 7.09. The van der Waals surface area contributed by atoms with Crippen molar-refractivity contribution < 1.29 is 0 Å². The first-order valence-electron chi connectivity index (χ1n) is 4.38. The van der Waals surface area contributed by atoms with Crippen molar-refractivity contribution in [2.24, 2.45) is 0 Å². The molecule has 0 bridgehead atoms. The van der Waals surface area contributed by atoms with Gasteiger partial charge in [-0.05, 0) is 31.0 Å². The topological polar surface area (TPSA) is 29.3 Å². The van der Waals surface area contributed by atoms with Crippen LogP contribution in [0.1, 0.15) is 12.8 Å². The Hall–Kier alpha value is -1.18. The number of rotatable bonds is 1. The van der Waals surface area contributed by atoms with E-state index in [0.717, 1.165) is 5.69 Å². The second-order valence-corrected chi connectivity index (χ2v) is 3.20. The van der Waals surface area contributed by atoms with Gasteiger partial charge in [-0.2, -0.15) is 0 Å². The van der Waals surface area contributed by atoms with Gasteiger partial charge < -0.3 is 10.6 Å². The number of anilines is 2. The quantitative estimate of drug-likeness (QED) is 0.635. The number of nitrogens with zero attached hydrogens (tertiary/aromatic N) is 1. The maximum Gasteiger partial charge on any atom is 0.0448 e. The Morgan fingerprint density at radius 1 is 1.25 bits per heavy atom. The third kappa shape index (κ3) is 1.37. The predicted molar refractivity (Wildman–Crippen MR) is 51.1 cm³/mol. The maximum atomic E-state index is 5.58. The van der Waals surface area contributed by atoms with Crippen LogP contribution in [0.5, 0.6) is 0 Å². The lowest BCUT2D eigenvalue weighted by Gasteiger charge is -2.16. The van der Waals surface area contributed by atoms with Gasteiger partial charge in [0.2, 0.25) is 0 Å². The number of benzene rings is 1. The Kier molecular flexibility index (Phi) is 1.90. The highest BCUT2D eigenvalue weighted by molar-refractivity contribution is 5.52. The Balaban J connectivity index is 2.17. The van der Waals surface area contributed by atoms with Crippen molar-refractivity contribution in [1.29, 1.82) is 0 Å². The van der Waals surface area contributed by atoms with Crippen molar-refractivity contribution in [3.63, 3.8) is 0 Å². The van der Waals surface area contributed by atoms with E-state index in [1.54, 1.807) is 0 Å². The van der Waals surface area contributed by atoms with E-state index < -0.39 is 0 Å². The highest BCUT2D eigenvalue weighted by Crippen LogP contribution is 2.19. The van der Waals surface area contributed by atoms with E-state index in [0.29, 0.717) is 0 Å². The summed E-state index contributed by atoms with van der Waals surface area (Å²) in [6, 6.07) is 9.00. The number of hydrogen-bond donors (Lipinski definition) is 1. The summed E-state index contributed by atoms with van der Waals surface area (Å²) in [5.41, 5.74) is 7.55. The standard InChI is InChI=1S/C10H13N2/c11-9-3-5-10(6-4-9)12-7-1-2-8-12/h3-5H,1-2,7-8,11H2. The lowest BCUT2D eigenvalue weighted by Crippen LogP contribution is -2.17.